The highest BCUT2D eigenvalue weighted by molar-refractivity contribution is 6.35. The monoisotopic (exact) mass is 635 g/mol. The number of anilines is 3. The van der Waals surface area contributed by atoms with Crippen LogP contribution in [0.15, 0.2) is 103 Å². The van der Waals surface area contributed by atoms with Crippen molar-refractivity contribution in [1.29, 1.82) is 0 Å². The van der Waals surface area contributed by atoms with E-state index < -0.39 is 0 Å². The SMILES string of the molecule is C=CC(=O)Cc1ccccc1Nc1ncc2cc(-c3cc(OC)cc(OC)c3Cl)c(=O)n(Cc3ccc(NC(=O)C=C)cc3)c2n1. The number of nitrogens with one attached hydrogen (secondary N) is 2. The van der Waals surface area contributed by atoms with Gasteiger partial charge in [0.15, 0.2) is 5.78 Å². The minimum absolute atomic E-state index is 0.127. The Morgan fingerprint density at radius 1 is 0.978 bits per heavy atom. The van der Waals surface area contributed by atoms with Crippen molar-refractivity contribution in [3.8, 4) is 22.6 Å². The lowest BCUT2D eigenvalue weighted by Crippen LogP contribution is -2.24. The van der Waals surface area contributed by atoms with Crippen molar-refractivity contribution in [1.82, 2.24) is 14.5 Å². The highest BCUT2D eigenvalue weighted by Crippen LogP contribution is 2.38. The lowest BCUT2D eigenvalue weighted by molar-refractivity contribution is -0.114. The summed E-state index contributed by atoms with van der Waals surface area (Å²) in [6.45, 7) is 7.17. The third kappa shape index (κ3) is 6.82. The number of rotatable bonds is 12. The molecule has 5 rings (SSSR count). The van der Waals surface area contributed by atoms with Crippen molar-refractivity contribution >= 4 is 51.6 Å². The Morgan fingerprint density at radius 3 is 2.43 bits per heavy atom. The zero-order valence-electron chi connectivity index (χ0n) is 25.2. The number of carbonyl (C=O) groups excluding carboxylic acids is 2. The van der Waals surface area contributed by atoms with E-state index in [2.05, 4.69) is 28.8 Å². The normalized spacial score (nSPS) is 10.7. The van der Waals surface area contributed by atoms with E-state index in [9.17, 15) is 14.4 Å². The number of hydrogen-bond acceptors (Lipinski definition) is 8. The fraction of sp³-hybridized carbons (Fsp3) is 0.114. The van der Waals surface area contributed by atoms with E-state index in [1.165, 1.54) is 30.9 Å². The number of ether oxygens (including phenoxy) is 2. The Hall–Kier alpha value is -5.74. The molecule has 0 aliphatic rings. The minimum atomic E-state index is -0.365. The summed E-state index contributed by atoms with van der Waals surface area (Å²) in [5, 5.41) is 6.73. The van der Waals surface area contributed by atoms with Crippen molar-refractivity contribution in [3.63, 3.8) is 0 Å². The van der Waals surface area contributed by atoms with Crippen LogP contribution in [0.2, 0.25) is 5.02 Å². The van der Waals surface area contributed by atoms with E-state index in [0.29, 0.717) is 45.0 Å². The molecule has 46 heavy (non-hydrogen) atoms. The predicted octanol–water partition coefficient (Wildman–Crippen LogP) is 6.34. The highest BCUT2D eigenvalue weighted by atomic mass is 35.5. The third-order valence-electron chi connectivity index (χ3n) is 7.19. The van der Waals surface area contributed by atoms with E-state index in [4.69, 9.17) is 26.1 Å². The summed E-state index contributed by atoms with van der Waals surface area (Å²) in [5.41, 5.74) is 3.46. The van der Waals surface area contributed by atoms with Crippen LogP contribution in [0.5, 0.6) is 11.5 Å². The zero-order valence-corrected chi connectivity index (χ0v) is 25.9. The maximum Gasteiger partial charge on any atom is 0.260 e. The Bertz CT molecular complexity index is 2040. The summed E-state index contributed by atoms with van der Waals surface area (Å²) < 4.78 is 12.4. The minimum Gasteiger partial charge on any atom is -0.497 e. The molecule has 5 aromatic rings. The topological polar surface area (TPSA) is 124 Å². The van der Waals surface area contributed by atoms with Crippen LogP contribution in [-0.4, -0.2) is 40.4 Å². The molecule has 0 fully saturated rings. The average molecular weight is 636 g/mol. The lowest BCUT2D eigenvalue weighted by Gasteiger charge is -2.16. The molecule has 0 atom stereocenters. The summed E-state index contributed by atoms with van der Waals surface area (Å²) in [6.07, 6.45) is 4.23. The quantitative estimate of drug-likeness (QED) is 0.152. The van der Waals surface area contributed by atoms with E-state index in [-0.39, 0.29) is 41.2 Å². The van der Waals surface area contributed by atoms with Gasteiger partial charge in [-0.15, -0.1) is 0 Å². The molecule has 232 valence electrons. The summed E-state index contributed by atoms with van der Waals surface area (Å²) >= 11 is 6.71. The van der Waals surface area contributed by atoms with Crippen LogP contribution in [0, 0.1) is 0 Å². The first-order chi connectivity index (χ1) is 22.2. The molecule has 2 N–H and O–H groups in total. The standard InChI is InChI=1S/C35H30ClN5O5/c1-5-25(42)15-22-9-7-8-10-29(22)39-35-37-19-23-16-28(27-17-26(45-3)18-30(46-4)32(27)36)34(44)41(33(23)40-35)20-21-11-13-24(14-12-21)38-31(43)6-2/h5-14,16-19H,1-2,15,20H2,3-4H3,(H,38,43)(H,37,39,40). The molecule has 0 saturated heterocycles. The Balaban J connectivity index is 1.65. The van der Waals surface area contributed by atoms with E-state index in [1.54, 1.807) is 48.7 Å². The van der Waals surface area contributed by atoms with Gasteiger partial charge in [0.25, 0.3) is 5.56 Å². The molecular formula is C35H30ClN5O5. The van der Waals surface area contributed by atoms with Gasteiger partial charge in [-0.05, 0) is 53.6 Å². The molecule has 10 nitrogen and oxygen atoms in total. The molecule has 3 aromatic carbocycles. The van der Waals surface area contributed by atoms with Crippen LogP contribution in [0.4, 0.5) is 17.3 Å². The molecule has 0 aliphatic carbocycles. The van der Waals surface area contributed by atoms with E-state index in [1.807, 2.05) is 24.3 Å². The molecule has 11 heteroatoms. The summed E-state index contributed by atoms with van der Waals surface area (Å²) in [7, 11) is 3.00. The molecule has 0 aliphatic heterocycles. The van der Waals surface area contributed by atoms with Gasteiger partial charge in [0.05, 0.1) is 25.8 Å². The Labute approximate surface area is 270 Å². The van der Waals surface area contributed by atoms with Gasteiger partial charge < -0.3 is 20.1 Å². The second-order valence-electron chi connectivity index (χ2n) is 10.1. The number of halogens is 1. The number of allylic oxidation sites excluding steroid dienone is 1. The summed E-state index contributed by atoms with van der Waals surface area (Å²) in [4.78, 5) is 47.4. The molecular weight excluding hydrogens is 606 g/mol. The predicted molar refractivity (Wildman–Crippen MR) is 180 cm³/mol. The van der Waals surface area contributed by atoms with Crippen LogP contribution in [0.3, 0.4) is 0 Å². The molecule has 0 unspecified atom stereocenters. The van der Waals surface area contributed by atoms with Gasteiger partial charge in [-0.2, -0.15) is 4.98 Å². The van der Waals surface area contributed by atoms with Crippen LogP contribution in [-0.2, 0) is 22.6 Å². The molecule has 2 aromatic heterocycles. The largest absolute Gasteiger partial charge is 0.497 e. The molecule has 2 heterocycles. The number of pyridine rings is 1. The number of benzene rings is 3. The lowest BCUT2D eigenvalue weighted by atomic mass is 10.0. The molecule has 0 spiro atoms. The smallest absolute Gasteiger partial charge is 0.260 e. The van der Waals surface area contributed by atoms with Crippen molar-refractivity contribution in [3.05, 3.63) is 125 Å². The van der Waals surface area contributed by atoms with Crippen molar-refractivity contribution in [2.24, 2.45) is 0 Å². The van der Waals surface area contributed by atoms with Crippen LogP contribution < -0.4 is 25.7 Å². The number of amides is 1. The van der Waals surface area contributed by atoms with Crippen molar-refractivity contribution in [2.45, 2.75) is 13.0 Å². The maximum absolute atomic E-state index is 14.3. The first-order valence-corrected chi connectivity index (χ1v) is 14.5. The summed E-state index contributed by atoms with van der Waals surface area (Å²) in [6, 6.07) is 19.4. The van der Waals surface area contributed by atoms with E-state index in [0.717, 1.165) is 11.1 Å². The van der Waals surface area contributed by atoms with Gasteiger partial charge >= 0.3 is 0 Å². The second kappa shape index (κ2) is 13.9. The van der Waals surface area contributed by atoms with Crippen molar-refractivity contribution in [2.75, 3.05) is 24.9 Å². The van der Waals surface area contributed by atoms with Crippen LogP contribution in [0.1, 0.15) is 11.1 Å². The molecule has 0 saturated carbocycles. The summed E-state index contributed by atoms with van der Waals surface area (Å²) in [5.74, 6) is 0.585. The van der Waals surface area contributed by atoms with Gasteiger partial charge in [-0.3, -0.25) is 19.0 Å². The maximum atomic E-state index is 14.3. The van der Waals surface area contributed by atoms with Crippen LogP contribution in [0.25, 0.3) is 22.2 Å². The fourth-order valence-corrected chi connectivity index (χ4v) is 5.13. The van der Waals surface area contributed by atoms with Crippen molar-refractivity contribution < 1.29 is 19.1 Å². The van der Waals surface area contributed by atoms with Gasteiger partial charge in [-0.25, -0.2) is 4.98 Å². The number of aromatic nitrogens is 3. The number of nitrogens with zero attached hydrogens (tertiary/aromatic N) is 3. The first kappa shape index (κ1) is 31.7. The molecule has 0 radical (unpaired) electrons. The number of fused-ring (bicyclic) bond motifs is 1. The number of hydrogen-bond donors (Lipinski definition) is 2. The average Bonchev–Trinajstić information content (AvgIpc) is 3.07. The molecule has 0 bridgehead atoms. The molecule has 1 amide bonds. The van der Waals surface area contributed by atoms with Crippen LogP contribution >= 0.6 is 11.6 Å². The zero-order chi connectivity index (χ0) is 32.8. The van der Waals surface area contributed by atoms with Gasteiger partial charge in [0.2, 0.25) is 11.9 Å². The fourth-order valence-electron chi connectivity index (χ4n) is 4.84. The van der Waals surface area contributed by atoms with Gasteiger partial charge in [0.1, 0.15) is 17.1 Å². The van der Waals surface area contributed by atoms with Gasteiger partial charge in [-0.1, -0.05) is 55.1 Å². The Kier molecular flexibility index (Phi) is 9.58. The number of carbonyl (C=O) groups is 2. The Morgan fingerprint density at radius 2 is 1.74 bits per heavy atom. The number of para-hydroxylation sites is 1. The third-order valence-corrected chi connectivity index (χ3v) is 7.58. The van der Waals surface area contributed by atoms with Gasteiger partial charge in [0, 0.05) is 46.6 Å². The first-order valence-electron chi connectivity index (χ1n) is 14.1. The van der Waals surface area contributed by atoms with E-state index >= 15 is 0 Å². The number of methoxy groups -OCH3 is 2. The number of ketones is 1. The second-order valence-corrected chi connectivity index (χ2v) is 10.5. The highest BCUT2D eigenvalue weighted by Gasteiger charge is 2.20.